The number of thiazole rings is 1. The Morgan fingerprint density at radius 3 is 2.66 bits per heavy atom. The van der Waals surface area contributed by atoms with E-state index in [0.29, 0.717) is 16.4 Å². The third-order valence-electron chi connectivity index (χ3n) is 4.96. The minimum atomic E-state index is -0.136. The normalized spacial score (nSPS) is 12.1. The zero-order valence-corrected chi connectivity index (χ0v) is 16.8. The summed E-state index contributed by atoms with van der Waals surface area (Å²) in [5.74, 6) is 0. The van der Waals surface area contributed by atoms with Gasteiger partial charge in [0.2, 0.25) is 5.13 Å². The van der Waals surface area contributed by atoms with Crippen LogP contribution in [0.25, 0.3) is 26.1 Å². The predicted octanol–water partition coefficient (Wildman–Crippen LogP) is 5.38. The number of rotatable bonds is 3. The Hall–Kier alpha value is -3.51. The summed E-state index contributed by atoms with van der Waals surface area (Å²) in [7, 11) is 0. The fraction of sp³-hybridized carbons (Fsp3) is 0.0870. The van der Waals surface area contributed by atoms with E-state index in [2.05, 4.69) is 22.2 Å². The third kappa shape index (κ3) is 2.98. The van der Waals surface area contributed by atoms with Crippen LogP contribution in [-0.4, -0.2) is 20.5 Å². The standard InChI is InChI=1S/C23H18N4OS/c1-14(24-18-12-7-9-16-8-3-4-10-17(16)18)21-15(2)26-27(22(21)28)23-25-19-11-5-6-13-20(19)29-23/h3-13,26H,1-2H3. The lowest BCUT2D eigenvalue weighted by Crippen LogP contribution is -2.19. The van der Waals surface area contributed by atoms with Crippen LogP contribution in [0.5, 0.6) is 0 Å². The molecule has 1 N–H and O–H groups in total. The van der Waals surface area contributed by atoms with Gasteiger partial charge in [0.25, 0.3) is 5.56 Å². The number of aromatic amines is 1. The van der Waals surface area contributed by atoms with E-state index in [0.717, 1.165) is 32.4 Å². The molecule has 5 aromatic rings. The van der Waals surface area contributed by atoms with Crippen molar-refractivity contribution in [3.05, 3.63) is 88.3 Å². The van der Waals surface area contributed by atoms with Crippen LogP contribution in [0, 0.1) is 6.92 Å². The van der Waals surface area contributed by atoms with Gasteiger partial charge in [0.1, 0.15) is 0 Å². The number of fused-ring (bicyclic) bond motifs is 2. The number of benzene rings is 3. The maximum absolute atomic E-state index is 13.2. The van der Waals surface area contributed by atoms with E-state index in [1.807, 2.05) is 68.4 Å². The molecule has 0 bridgehead atoms. The van der Waals surface area contributed by atoms with Crippen LogP contribution in [-0.2, 0) is 0 Å². The highest BCUT2D eigenvalue weighted by Gasteiger charge is 2.17. The molecular weight excluding hydrogens is 380 g/mol. The first-order valence-electron chi connectivity index (χ1n) is 9.33. The van der Waals surface area contributed by atoms with E-state index in [1.54, 1.807) is 0 Å². The first-order valence-corrected chi connectivity index (χ1v) is 10.1. The van der Waals surface area contributed by atoms with Crippen LogP contribution in [0.2, 0.25) is 0 Å². The van der Waals surface area contributed by atoms with Gasteiger partial charge in [0.05, 0.1) is 27.2 Å². The van der Waals surface area contributed by atoms with Crippen molar-refractivity contribution in [3.8, 4) is 5.13 Å². The van der Waals surface area contributed by atoms with Gasteiger partial charge in [-0.1, -0.05) is 59.9 Å². The SMILES string of the molecule is CC(=Nc1cccc2ccccc12)c1c(C)[nH]n(-c2nc3ccccc3s2)c1=O. The maximum atomic E-state index is 13.2. The van der Waals surface area contributed by atoms with Crippen LogP contribution in [0.3, 0.4) is 0 Å². The van der Waals surface area contributed by atoms with Crippen LogP contribution >= 0.6 is 11.3 Å². The number of para-hydroxylation sites is 1. The molecule has 0 aliphatic carbocycles. The average Bonchev–Trinajstić information content (AvgIpc) is 3.28. The fourth-order valence-corrected chi connectivity index (χ4v) is 4.53. The number of hydrogen-bond donors (Lipinski definition) is 1. The van der Waals surface area contributed by atoms with Crippen molar-refractivity contribution >= 4 is 43.7 Å². The summed E-state index contributed by atoms with van der Waals surface area (Å²) in [6.45, 7) is 3.77. The molecule has 0 saturated heterocycles. The van der Waals surface area contributed by atoms with Gasteiger partial charge in [-0.25, -0.2) is 4.98 Å². The molecule has 0 aliphatic heterocycles. The number of H-pyrrole nitrogens is 1. The van der Waals surface area contributed by atoms with E-state index < -0.39 is 0 Å². The lowest BCUT2D eigenvalue weighted by molar-refractivity contribution is 0.829. The van der Waals surface area contributed by atoms with Gasteiger partial charge < -0.3 is 0 Å². The minimum Gasteiger partial charge on any atom is -0.293 e. The topological polar surface area (TPSA) is 63.0 Å². The monoisotopic (exact) mass is 398 g/mol. The molecule has 29 heavy (non-hydrogen) atoms. The van der Waals surface area contributed by atoms with Gasteiger partial charge in [0, 0.05) is 11.1 Å². The Balaban J connectivity index is 1.63. The fourth-order valence-electron chi connectivity index (χ4n) is 3.61. The smallest absolute Gasteiger partial charge is 0.282 e. The molecule has 0 atom stereocenters. The molecule has 0 aliphatic rings. The van der Waals surface area contributed by atoms with Gasteiger partial charge in [-0.2, -0.15) is 4.68 Å². The Bertz CT molecular complexity index is 1420. The minimum absolute atomic E-state index is 0.136. The summed E-state index contributed by atoms with van der Waals surface area (Å²) in [5.41, 5.74) is 3.64. The lowest BCUT2D eigenvalue weighted by atomic mass is 10.1. The molecule has 5 nitrogen and oxygen atoms in total. The van der Waals surface area contributed by atoms with Crippen LogP contribution in [0.4, 0.5) is 5.69 Å². The second kappa shape index (κ2) is 6.83. The molecule has 6 heteroatoms. The quantitative estimate of drug-likeness (QED) is 0.415. The molecule has 0 fully saturated rings. The molecule has 142 valence electrons. The van der Waals surface area contributed by atoms with Crippen LogP contribution in [0.15, 0.2) is 76.5 Å². The highest BCUT2D eigenvalue weighted by Crippen LogP contribution is 2.27. The zero-order valence-electron chi connectivity index (χ0n) is 16.0. The third-order valence-corrected chi connectivity index (χ3v) is 5.98. The summed E-state index contributed by atoms with van der Waals surface area (Å²) in [6, 6.07) is 22.0. The largest absolute Gasteiger partial charge is 0.293 e. The van der Waals surface area contributed by atoms with Gasteiger partial charge >= 0.3 is 0 Å². The number of aromatic nitrogens is 3. The molecule has 0 radical (unpaired) electrons. The van der Waals surface area contributed by atoms with Crippen LogP contribution in [0.1, 0.15) is 18.2 Å². The van der Waals surface area contributed by atoms with Crippen molar-refractivity contribution in [2.45, 2.75) is 13.8 Å². The Morgan fingerprint density at radius 1 is 1.03 bits per heavy atom. The molecule has 5 rings (SSSR count). The highest BCUT2D eigenvalue weighted by molar-refractivity contribution is 7.20. The molecule has 2 heterocycles. The molecule has 3 aromatic carbocycles. The Morgan fingerprint density at radius 2 is 1.79 bits per heavy atom. The van der Waals surface area contributed by atoms with Gasteiger partial charge in [-0.15, -0.1) is 0 Å². The van der Waals surface area contributed by atoms with Crippen molar-refractivity contribution in [3.63, 3.8) is 0 Å². The number of hydrogen-bond acceptors (Lipinski definition) is 4. The highest BCUT2D eigenvalue weighted by atomic mass is 32.1. The molecule has 0 amide bonds. The predicted molar refractivity (Wildman–Crippen MR) is 120 cm³/mol. The molecule has 0 unspecified atom stereocenters. The number of nitrogens with zero attached hydrogens (tertiary/aromatic N) is 3. The van der Waals surface area contributed by atoms with E-state index in [9.17, 15) is 4.79 Å². The summed E-state index contributed by atoms with van der Waals surface area (Å²) in [6.07, 6.45) is 0. The molecule has 0 spiro atoms. The summed E-state index contributed by atoms with van der Waals surface area (Å²) >= 11 is 1.48. The zero-order chi connectivity index (χ0) is 20.0. The lowest BCUT2D eigenvalue weighted by Gasteiger charge is -2.03. The Kier molecular flexibility index (Phi) is 4.14. The van der Waals surface area contributed by atoms with Crippen molar-refractivity contribution in [1.29, 1.82) is 0 Å². The summed E-state index contributed by atoms with van der Waals surface area (Å²) in [5, 5.41) is 5.98. The van der Waals surface area contributed by atoms with E-state index >= 15 is 0 Å². The van der Waals surface area contributed by atoms with Crippen molar-refractivity contribution < 1.29 is 0 Å². The van der Waals surface area contributed by atoms with Crippen molar-refractivity contribution in [2.75, 3.05) is 0 Å². The average molecular weight is 398 g/mol. The van der Waals surface area contributed by atoms with Gasteiger partial charge in [0.15, 0.2) is 0 Å². The number of aryl methyl sites for hydroxylation is 1. The van der Waals surface area contributed by atoms with Gasteiger partial charge in [-0.05, 0) is 37.4 Å². The second-order valence-corrected chi connectivity index (χ2v) is 7.92. The van der Waals surface area contributed by atoms with Crippen LogP contribution < -0.4 is 5.56 Å². The van der Waals surface area contributed by atoms with E-state index in [-0.39, 0.29) is 5.56 Å². The second-order valence-electron chi connectivity index (χ2n) is 6.91. The molecular formula is C23H18N4OS. The van der Waals surface area contributed by atoms with Crippen molar-refractivity contribution in [1.82, 2.24) is 14.8 Å². The first-order chi connectivity index (χ1) is 14.1. The first kappa shape index (κ1) is 17.6. The maximum Gasteiger partial charge on any atom is 0.282 e. The summed E-state index contributed by atoms with van der Waals surface area (Å²) in [4.78, 5) is 22.6. The van der Waals surface area contributed by atoms with E-state index in [1.165, 1.54) is 16.0 Å². The number of aliphatic imine (C=N–C) groups is 1. The van der Waals surface area contributed by atoms with E-state index in [4.69, 9.17) is 4.99 Å². The Labute approximate surface area is 171 Å². The molecule has 0 saturated carbocycles. The number of nitrogens with one attached hydrogen (secondary N) is 1. The summed E-state index contributed by atoms with van der Waals surface area (Å²) < 4.78 is 2.56. The van der Waals surface area contributed by atoms with Gasteiger partial charge in [-0.3, -0.25) is 14.9 Å². The molecule has 2 aromatic heterocycles. The van der Waals surface area contributed by atoms with Crippen molar-refractivity contribution in [2.24, 2.45) is 4.99 Å².